The van der Waals surface area contributed by atoms with Crippen molar-refractivity contribution in [2.75, 3.05) is 19.5 Å². The summed E-state index contributed by atoms with van der Waals surface area (Å²) < 4.78 is 1.81. The molecule has 1 N–H and O–H groups in total. The molecule has 12 heavy (non-hydrogen) atoms. The number of nitrogens with zero attached hydrogens (tertiary/aromatic N) is 2. The Morgan fingerprint density at radius 3 is 2.33 bits per heavy atom. The van der Waals surface area contributed by atoms with Gasteiger partial charge in [-0.05, 0) is 12.2 Å². The molecule has 0 saturated carbocycles. The van der Waals surface area contributed by atoms with Crippen LogP contribution in [-0.2, 0) is 0 Å². The fourth-order valence-corrected chi connectivity index (χ4v) is 0.789. The van der Waals surface area contributed by atoms with Crippen LogP contribution in [-0.4, -0.2) is 24.1 Å². The van der Waals surface area contributed by atoms with Crippen LogP contribution < -0.4 is 10.1 Å². The molecule has 0 bridgehead atoms. The summed E-state index contributed by atoms with van der Waals surface area (Å²) in [6, 6.07) is 5.83. The van der Waals surface area contributed by atoms with E-state index in [0.717, 1.165) is 0 Å². The average molecular weight is 182 g/mol. The first kappa shape index (κ1) is 8.93. The lowest BCUT2D eigenvalue weighted by Gasteiger charge is -2.10. The van der Waals surface area contributed by atoms with E-state index in [-0.39, 0.29) is 0 Å². The predicted octanol–water partition coefficient (Wildman–Crippen LogP) is 0.364. The highest BCUT2D eigenvalue weighted by Crippen LogP contribution is 1.78. The molecule has 1 aromatic heterocycles. The molecule has 0 fully saturated rings. The van der Waals surface area contributed by atoms with E-state index >= 15 is 0 Å². The summed E-state index contributed by atoms with van der Waals surface area (Å²) in [5, 5.41) is 0.686. The van der Waals surface area contributed by atoms with Crippen LogP contribution in [0, 0.1) is 0 Å². The molecule has 0 unspecified atom stereocenters. The maximum atomic E-state index is 5.05. The van der Waals surface area contributed by atoms with Gasteiger partial charge in [-0.15, -0.1) is 5.43 Å². The summed E-state index contributed by atoms with van der Waals surface area (Å²) in [4.78, 5) is 1.84. The predicted molar refractivity (Wildman–Crippen MR) is 52.3 cm³/mol. The average Bonchev–Trinajstić information content (AvgIpc) is 2.06. The van der Waals surface area contributed by atoms with Crippen molar-refractivity contribution < 1.29 is 4.68 Å². The van der Waals surface area contributed by atoms with Crippen LogP contribution in [0.25, 0.3) is 0 Å². The highest BCUT2D eigenvalue weighted by molar-refractivity contribution is 7.80. The summed E-state index contributed by atoms with van der Waals surface area (Å²) in [5.74, 6) is 0. The van der Waals surface area contributed by atoms with Gasteiger partial charge in [0, 0.05) is 26.2 Å². The summed E-state index contributed by atoms with van der Waals surface area (Å²) in [5.41, 5.74) is 3.02. The third-order valence-corrected chi connectivity index (χ3v) is 1.80. The van der Waals surface area contributed by atoms with Gasteiger partial charge >= 0.3 is 0 Å². The standard InChI is InChI=1S/C8H11N3S/c1-10(2)8(12)9-11-6-4-3-5-7-11/h3-7H,1-2H3/p+1. The lowest BCUT2D eigenvalue weighted by Crippen LogP contribution is -2.50. The quantitative estimate of drug-likeness (QED) is 0.500. The molecular formula is C8H12N3S+. The topological polar surface area (TPSA) is 19.1 Å². The molecule has 1 aromatic rings. The zero-order chi connectivity index (χ0) is 8.97. The minimum absolute atomic E-state index is 0.686. The molecule has 1 rings (SSSR count). The van der Waals surface area contributed by atoms with E-state index in [1.165, 1.54) is 0 Å². The Bertz CT molecular complexity index is 258. The second-order valence-corrected chi connectivity index (χ2v) is 2.98. The van der Waals surface area contributed by atoms with Crippen molar-refractivity contribution in [3.63, 3.8) is 0 Å². The van der Waals surface area contributed by atoms with Crippen molar-refractivity contribution in [2.24, 2.45) is 0 Å². The van der Waals surface area contributed by atoms with Gasteiger partial charge < -0.3 is 4.90 Å². The Balaban J connectivity index is 2.59. The number of hydrogen-bond donors (Lipinski definition) is 1. The van der Waals surface area contributed by atoms with Crippen LogP contribution >= 0.6 is 12.2 Å². The Morgan fingerprint density at radius 2 is 1.83 bits per heavy atom. The molecule has 0 aromatic carbocycles. The number of rotatable bonds is 1. The minimum atomic E-state index is 0.686. The van der Waals surface area contributed by atoms with Crippen LogP contribution in [0.1, 0.15) is 0 Å². The van der Waals surface area contributed by atoms with Gasteiger partial charge in [-0.25, -0.2) is 0 Å². The monoisotopic (exact) mass is 182 g/mol. The number of aromatic nitrogens is 1. The molecule has 4 heteroatoms. The van der Waals surface area contributed by atoms with Crippen molar-refractivity contribution in [1.82, 2.24) is 4.90 Å². The van der Waals surface area contributed by atoms with E-state index in [1.54, 1.807) is 0 Å². The maximum Gasteiger partial charge on any atom is 0.226 e. The zero-order valence-corrected chi connectivity index (χ0v) is 8.01. The Kier molecular flexibility index (Phi) is 2.99. The van der Waals surface area contributed by atoms with E-state index < -0.39 is 0 Å². The van der Waals surface area contributed by atoms with Gasteiger partial charge in [0.2, 0.25) is 5.11 Å². The van der Waals surface area contributed by atoms with Crippen LogP contribution in [0.15, 0.2) is 30.6 Å². The fourth-order valence-electron chi connectivity index (χ4n) is 0.684. The molecule has 0 radical (unpaired) electrons. The van der Waals surface area contributed by atoms with Gasteiger partial charge in [-0.1, -0.05) is 10.7 Å². The number of pyridine rings is 1. The van der Waals surface area contributed by atoms with Crippen molar-refractivity contribution in [3.8, 4) is 0 Å². The van der Waals surface area contributed by atoms with Crippen LogP contribution in [0.5, 0.6) is 0 Å². The van der Waals surface area contributed by atoms with Gasteiger partial charge in [0.05, 0.1) is 0 Å². The minimum Gasteiger partial charge on any atom is -0.351 e. The highest BCUT2D eigenvalue weighted by atomic mass is 32.1. The van der Waals surface area contributed by atoms with Crippen LogP contribution in [0.4, 0.5) is 0 Å². The molecule has 3 nitrogen and oxygen atoms in total. The Labute approximate surface area is 77.6 Å². The summed E-state index contributed by atoms with van der Waals surface area (Å²) in [6.07, 6.45) is 3.80. The normalized spacial score (nSPS) is 9.17. The van der Waals surface area contributed by atoms with Crippen molar-refractivity contribution in [3.05, 3.63) is 30.6 Å². The molecule has 0 atom stereocenters. The molecule has 1 heterocycles. The Hall–Kier alpha value is -1.16. The van der Waals surface area contributed by atoms with E-state index in [1.807, 2.05) is 54.3 Å². The van der Waals surface area contributed by atoms with Gasteiger partial charge in [0.1, 0.15) is 0 Å². The van der Waals surface area contributed by atoms with Gasteiger partial charge in [0.25, 0.3) is 0 Å². The van der Waals surface area contributed by atoms with Gasteiger partial charge in [0.15, 0.2) is 12.4 Å². The first-order valence-electron chi connectivity index (χ1n) is 3.65. The van der Waals surface area contributed by atoms with Crippen molar-refractivity contribution in [2.45, 2.75) is 0 Å². The van der Waals surface area contributed by atoms with E-state index in [2.05, 4.69) is 5.43 Å². The van der Waals surface area contributed by atoms with E-state index in [0.29, 0.717) is 5.11 Å². The first-order chi connectivity index (χ1) is 5.70. The SMILES string of the molecule is CN(C)C(=S)N[n+]1ccccc1. The van der Waals surface area contributed by atoms with E-state index in [4.69, 9.17) is 12.2 Å². The summed E-state index contributed by atoms with van der Waals surface area (Å²) in [7, 11) is 3.80. The Morgan fingerprint density at radius 1 is 1.25 bits per heavy atom. The molecule has 0 aliphatic rings. The lowest BCUT2D eigenvalue weighted by molar-refractivity contribution is -0.640. The number of thiocarbonyl (C=S) groups is 1. The van der Waals surface area contributed by atoms with Crippen molar-refractivity contribution >= 4 is 17.3 Å². The molecule has 0 aliphatic heterocycles. The molecule has 64 valence electrons. The maximum absolute atomic E-state index is 5.05. The number of nitrogens with one attached hydrogen (secondary N) is 1. The first-order valence-corrected chi connectivity index (χ1v) is 4.05. The molecule has 0 amide bonds. The second kappa shape index (κ2) is 4.01. The van der Waals surface area contributed by atoms with Gasteiger partial charge in [-0.3, -0.25) is 0 Å². The van der Waals surface area contributed by atoms with E-state index in [9.17, 15) is 0 Å². The van der Waals surface area contributed by atoms with Crippen molar-refractivity contribution in [1.29, 1.82) is 0 Å². The summed E-state index contributed by atoms with van der Waals surface area (Å²) >= 11 is 5.05. The smallest absolute Gasteiger partial charge is 0.226 e. The second-order valence-electron chi connectivity index (χ2n) is 2.59. The molecule has 0 spiro atoms. The third-order valence-electron chi connectivity index (χ3n) is 1.35. The highest BCUT2D eigenvalue weighted by Gasteiger charge is 2.02. The van der Waals surface area contributed by atoms with Crippen LogP contribution in [0.2, 0.25) is 0 Å². The third kappa shape index (κ3) is 2.47. The number of hydrogen-bond acceptors (Lipinski definition) is 1. The zero-order valence-electron chi connectivity index (χ0n) is 7.19. The van der Waals surface area contributed by atoms with Gasteiger partial charge in [-0.2, -0.15) is 0 Å². The largest absolute Gasteiger partial charge is 0.351 e. The fraction of sp³-hybridized carbons (Fsp3) is 0.250. The molecule has 0 aliphatic carbocycles. The lowest BCUT2D eigenvalue weighted by atomic mass is 10.5. The summed E-state index contributed by atoms with van der Waals surface area (Å²) in [6.45, 7) is 0. The van der Waals surface area contributed by atoms with Crippen LogP contribution in [0.3, 0.4) is 0 Å². The molecule has 0 saturated heterocycles. The molecular weight excluding hydrogens is 170 g/mol.